The average Bonchev–Trinajstić information content (AvgIpc) is 2.46. The van der Waals surface area contributed by atoms with Crippen molar-refractivity contribution in [1.82, 2.24) is 0 Å². The molecule has 0 radical (unpaired) electrons. The smallest absolute Gasteiger partial charge is 0.338 e. The minimum absolute atomic E-state index is 0.259. The molecule has 0 aliphatic heterocycles. The van der Waals surface area contributed by atoms with Crippen LogP contribution in [0.3, 0.4) is 0 Å². The van der Waals surface area contributed by atoms with E-state index in [2.05, 4.69) is 0 Å². The van der Waals surface area contributed by atoms with Crippen molar-refractivity contribution in [2.24, 2.45) is 0 Å². The Balaban J connectivity index is 2.16. The Morgan fingerprint density at radius 2 is 1.79 bits per heavy atom. The van der Waals surface area contributed by atoms with Gasteiger partial charge in [-0.2, -0.15) is 0 Å². The molecule has 98 valence electrons. The summed E-state index contributed by atoms with van der Waals surface area (Å²) < 4.78 is 10.4. The van der Waals surface area contributed by atoms with Crippen LogP contribution in [-0.2, 0) is 11.3 Å². The van der Waals surface area contributed by atoms with Gasteiger partial charge < -0.3 is 9.47 Å². The van der Waals surface area contributed by atoms with Crippen molar-refractivity contribution in [3.05, 3.63) is 64.7 Å². The Morgan fingerprint density at radius 1 is 1.11 bits per heavy atom. The summed E-state index contributed by atoms with van der Waals surface area (Å²) in [5.41, 5.74) is 1.26. The minimum Gasteiger partial charge on any atom is -0.487 e. The summed E-state index contributed by atoms with van der Waals surface area (Å²) in [5, 5.41) is 0.540. The van der Waals surface area contributed by atoms with E-state index in [1.807, 2.05) is 24.3 Å². The van der Waals surface area contributed by atoms with Crippen LogP contribution < -0.4 is 4.74 Å². The quantitative estimate of drug-likeness (QED) is 0.799. The predicted molar refractivity (Wildman–Crippen MR) is 73.6 cm³/mol. The Kier molecular flexibility index (Phi) is 4.42. The van der Waals surface area contributed by atoms with E-state index in [9.17, 15) is 4.79 Å². The highest BCUT2D eigenvalue weighted by atomic mass is 35.5. The normalized spacial score (nSPS) is 10.0. The van der Waals surface area contributed by atoms with Crippen LogP contribution in [0.4, 0.5) is 0 Å². The van der Waals surface area contributed by atoms with E-state index < -0.39 is 0 Å². The molecule has 0 aromatic heterocycles. The van der Waals surface area contributed by atoms with Crippen molar-refractivity contribution >= 4 is 17.6 Å². The van der Waals surface area contributed by atoms with Crippen molar-refractivity contribution < 1.29 is 14.3 Å². The number of rotatable bonds is 4. The van der Waals surface area contributed by atoms with Crippen molar-refractivity contribution in [3.8, 4) is 5.75 Å². The predicted octanol–water partition coefficient (Wildman–Crippen LogP) is 3.71. The lowest BCUT2D eigenvalue weighted by Crippen LogP contribution is -2.07. The van der Waals surface area contributed by atoms with E-state index >= 15 is 0 Å². The van der Waals surface area contributed by atoms with Crippen molar-refractivity contribution in [2.75, 3.05) is 7.11 Å². The summed E-state index contributed by atoms with van der Waals surface area (Å²) in [5.74, 6) is 0.210. The third-order valence-electron chi connectivity index (χ3n) is 2.64. The highest BCUT2D eigenvalue weighted by molar-refractivity contribution is 6.32. The molecule has 0 unspecified atom stereocenters. The van der Waals surface area contributed by atoms with Gasteiger partial charge in [-0.3, -0.25) is 0 Å². The number of halogens is 1. The summed E-state index contributed by atoms with van der Waals surface area (Å²) in [4.78, 5) is 11.6. The van der Waals surface area contributed by atoms with Crippen LogP contribution in [0, 0.1) is 0 Å². The van der Waals surface area contributed by atoms with E-state index in [0.29, 0.717) is 16.3 Å². The minimum atomic E-state index is -0.377. The number of hydrogen-bond acceptors (Lipinski definition) is 3. The lowest BCUT2D eigenvalue weighted by Gasteiger charge is -2.10. The fraction of sp³-hybridized carbons (Fsp3) is 0.133. The summed E-state index contributed by atoms with van der Waals surface area (Å²) in [6.07, 6.45) is 0. The topological polar surface area (TPSA) is 35.5 Å². The van der Waals surface area contributed by atoms with Gasteiger partial charge in [0.1, 0.15) is 12.4 Å². The lowest BCUT2D eigenvalue weighted by molar-refractivity contribution is 0.0598. The number of carbonyl (C=O) groups excluding carboxylic acids is 1. The van der Waals surface area contributed by atoms with Crippen LogP contribution in [0.5, 0.6) is 5.75 Å². The second kappa shape index (κ2) is 6.25. The summed E-state index contributed by atoms with van der Waals surface area (Å²) in [7, 11) is 1.36. The fourth-order valence-electron chi connectivity index (χ4n) is 1.67. The van der Waals surface area contributed by atoms with E-state index in [-0.39, 0.29) is 12.6 Å². The third-order valence-corrected chi connectivity index (χ3v) is 2.95. The van der Waals surface area contributed by atoms with Crippen LogP contribution in [0.15, 0.2) is 48.5 Å². The average molecular weight is 277 g/mol. The van der Waals surface area contributed by atoms with Crippen molar-refractivity contribution in [1.29, 1.82) is 0 Å². The molecule has 0 aliphatic rings. The molecule has 0 fully saturated rings. The molecule has 4 heteroatoms. The number of ether oxygens (including phenoxy) is 2. The molecule has 3 nitrogen and oxygen atoms in total. The van der Waals surface area contributed by atoms with Gasteiger partial charge in [0, 0.05) is 5.56 Å². The Bertz CT molecular complexity index is 581. The number of carbonyl (C=O) groups is 1. The van der Waals surface area contributed by atoms with E-state index in [1.54, 1.807) is 24.3 Å². The largest absolute Gasteiger partial charge is 0.487 e. The molecule has 0 spiro atoms. The molecular weight excluding hydrogens is 264 g/mol. The Morgan fingerprint density at radius 3 is 2.53 bits per heavy atom. The fourth-order valence-corrected chi connectivity index (χ4v) is 1.86. The van der Waals surface area contributed by atoms with Crippen LogP contribution in [0.1, 0.15) is 15.9 Å². The zero-order valence-corrected chi connectivity index (χ0v) is 11.2. The summed E-state index contributed by atoms with van der Waals surface area (Å²) in [6.45, 7) is 0.259. The summed E-state index contributed by atoms with van der Waals surface area (Å²) >= 11 is 6.00. The molecule has 19 heavy (non-hydrogen) atoms. The molecule has 0 atom stereocenters. The van der Waals surface area contributed by atoms with E-state index in [4.69, 9.17) is 21.1 Å². The van der Waals surface area contributed by atoms with Gasteiger partial charge in [-0.1, -0.05) is 41.9 Å². The van der Waals surface area contributed by atoms with Crippen LogP contribution in [-0.4, -0.2) is 13.1 Å². The van der Waals surface area contributed by atoms with Crippen molar-refractivity contribution in [2.45, 2.75) is 6.61 Å². The van der Waals surface area contributed by atoms with Crippen LogP contribution in [0.25, 0.3) is 0 Å². The molecule has 2 rings (SSSR count). The van der Waals surface area contributed by atoms with Gasteiger partial charge in [0.15, 0.2) is 0 Å². The van der Waals surface area contributed by atoms with Crippen molar-refractivity contribution in [3.63, 3.8) is 0 Å². The maximum absolute atomic E-state index is 11.6. The number of esters is 1. The second-order valence-corrected chi connectivity index (χ2v) is 4.28. The first kappa shape index (κ1) is 13.4. The lowest BCUT2D eigenvalue weighted by atomic mass is 10.1. The molecule has 0 aliphatic carbocycles. The molecule has 0 saturated carbocycles. The van der Waals surface area contributed by atoms with Gasteiger partial charge in [0.05, 0.1) is 17.7 Å². The third kappa shape index (κ3) is 3.26. The zero-order chi connectivity index (χ0) is 13.7. The first-order valence-corrected chi connectivity index (χ1v) is 6.13. The van der Waals surface area contributed by atoms with Gasteiger partial charge in [-0.05, 0) is 18.2 Å². The van der Waals surface area contributed by atoms with Gasteiger partial charge in [0.2, 0.25) is 0 Å². The molecule has 0 N–H and O–H groups in total. The maximum atomic E-state index is 11.6. The first-order valence-electron chi connectivity index (χ1n) is 5.76. The standard InChI is InChI=1S/C15H13ClO3/c1-18-15(17)12-7-3-2-6-11(12)10-19-14-9-5-4-8-13(14)16/h2-9H,10H2,1H3. The number of benzene rings is 2. The zero-order valence-electron chi connectivity index (χ0n) is 10.4. The van der Waals surface area contributed by atoms with Gasteiger partial charge in [0.25, 0.3) is 0 Å². The number of para-hydroxylation sites is 1. The van der Waals surface area contributed by atoms with E-state index in [1.165, 1.54) is 7.11 Å². The number of hydrogen-bond donors (Lipinski definition) is 0. The number of methoxy groups -OCH3 is 1. The Hall–Kier alpha value is -2.00. The van der Waals surface area contributed by atoms with Gasteiger partial charge >= 0.3 is 5.97 Å². The molecule has 2 aromatic carbocycles. The summed E-state index contributed by atoms with van der Waals surface area (Å²) in [6, 6.07) is 14.4. The Labute approximate surface area is 116 Å². The molecule has 0 bridgehead atoms. The first-order chi connectivity index (χ1) is 9.22. The molecule has 2 aromatic rings. The monoisotopic (exact) mass is 276 g/mol. The molecule has 0 amide bonds. The second-order valence-electron chi connectivity index (χ2n) is 3.87. The molecule has 0 heterocycles. The maximum Gasteiger partial charge on any atom is 0.338 e. The van der Waals surface area contributed by atoms with Gasteiger partial charge in [-0.25, -0.2) is 4.79 Å². The van der Waals surface area contributed by atoms with Crippen LogP contribution >= 0.6 is 11.6 Å². The molecule has 0 saturated heterocycles. The SMILES string of the molecule is COC(=O)c1ccccc1COc1ccccc1Cl. The molecular formula is C15H13ClO3. The van der Waals surface area contributed by atoms with Crippen LogP contribution in [0.2, 0.25) is 5.02 Å². The van der Waals surface area contributed by atoms with E-state index in [0.717, 1.165) is 5.56 Å². The van der Waals surface area contributed by atoms with Gasteiger partial charge in [-0.15, -0.1) is 0 Å². The highest BCUT2D eigenvalue weighted by Gasteiger charge is 2.11. The highest BCUT2D eigenvalue weighted by Crippen LogP contribution is 2.24.